The van der Waals surface area contributed by atoms with E-state index in [1.165, 1.54) is 11.1 Å². The molecule has 0 bridgehead atoms. The van der Waals surface area contributed by atoms with Gasteiger partial charge < -0.3 is 9.05 Å². The van der Waals surface area contributed by atoms with E-state index in [2.05, 4.69) is 22.1 Å². The van der Waals surface area contributed by atoms with Crippen LogP contribution in [0.25, 0.3) is 0 Å². The van der Waals surface area contributed by atoms with Crippen LogP contribution in [0.5, 0.6) is 0 Å². The van der Waals surface area contributed by atoms with Crippen LogP contribution in [0.4, 0.5) is 0 Å². The molecule has 21 heavy (non-hydrogen) atoms. The summed E-state index contributed by atoms with van der Waals surface area (Å²) >= 11 is 10.3. The van der Waals surface area contributed by atoms with E-state index in [0.29, 0.717) is 25.5 Å². The fraction of sp³-hybridized carbons (Fsp3) is 0.462. The molecular weight excluding hydrogens is 344 g/mol. The quantitative estimate of drug-likeness (QED) is 0.389. The summed E-state index contributed by atoms with van der Waals surface area (Å²) in [4.78, 5) is 0. The highest BCUT2D eigenvalue weighted by Crippen LogP contribution is 2.78. The van der Waals surface area contributed by atoms with Gasteiger partial charge in [-0.25, -0.2) is 0 Å². The number of fused-ring (bicyclic) bond motifs is 1. The third-order valence-electron chi connectivity index (χ3n) is 3.00. The number of hydrogen-bond donors (Lipinski definition) is 0. The van der Waals surface area contributed by atoms with Gasteiger partial charge in [-0.05, 0) is 42.6 Å². The second-order valence-corrected chi connectivity index (χ2v) is 10.6. The molecule has 1 aromatic carbocycles. The fourth-order valence-electron chi connectivity index (χ4n) is 2.26. The van der Waals surface area contributed by atoms with Crippen molar-refractivity contribution in [3.8, 4) is 0 Å². The van der Waals surface area contributed by atoms with Crippen molar-refractivity contribution in [3.05, 3.63) is 35.4 Å². The van der Waals surface area contributed by atoms with Gasteiger partial charge in [0.2, 0.25) is 0 Å². The Hall–Kier alpha value is -0.0200. The standard InChI is InChI=1S/C13H18NO3P2S2/c1-3-15-19(21,16-4-2)17-18(14-11-20)9-12-7-5-6-8-13(12)10-18/h5-8H,3-4,9-10H2,1-2H3/q+1. The Morgan fingerprint density at radius 3 is 2.14 bits per heavy atom. The van der Waals surface area contributed by atoms with E-state index in [9.17, 15) is 0 Å². The van der Waals surface area contributed by atoms with Crippen molar-refractivity contribution >= 4 is 43.5 Å². The van der Waals surface area contributed by atoms with E-state index in [0.717, 1.165) is 0 Å². The van der Waals surface area contributed by atoms with Crippen molar-refractivity contribution in [3.63, 3.8) is 0 Å². The van der Waals surface area contributed by atoms with E-state index in [1.807, 2.05) is 26.0 Å². The molecule has 0 atom stereocenters. The van der Waals surface area contributed by atoms with Gasteiger partial charge in [-0.1, -0.05) is 24.3 Å². The number of isothiocyanates is 1. The number of thiocarbonyl (C=S) groups is 1. The molecule has 0 fully saturated rings. The largest absolute Gasteiger partial charge is 0.365 e. The molecule has 0 radical (unpaired) electrons. The van der Waals surface area contributed by atoms with Crippen LogP contribution in [-0.4, -0.2) is 18.4 Å². The van der Waals surface area contributed by atoms with Crippen molar-refractivity contribution in [2.75, 3.05) is 13.2 Å². The summed E-state index contributed by atoms with van der Waals surface area (Å²) in [5.41, 5.74) is 2.46. The minimum Gasteiger partial charge on any atom is -0.307 e. The summed E-state index contributed by atoms with van der Waals surface area (Å²) in [6.45, 7) is 1.86. The molecule has 1 aliphatic rings. The van der Waals surface area contributed by atoms with Crippen molar-refractivity contribution in [1.29, 1.82) is 0 Å². The van der Waals surface area contributed by atoms with E-state index in [-0.39, 0.29) is 0 Å². The van der Waals surface area contributed by atoms with Gasteiger partial charge in [0, 0.05) is 11.1 Å². The van der Waals surface area contributed by atoms with Gasteiger partial charge in [-0.3, -0.25) is 0 Å². The lowest BCUT2D eigenvalue weighted by Crippen LogP contribution is -2.02. The summed E-state index contributed by atoms with van der Waals surface area (Å²) < 4.78 is 21.7. The van der Waals surface area contributed by atoms with E-state index in [4.69, 9.17) is 37.4 Å². The smallest absolute Gasteiger partial charge is 0.307 e. The fourth-order valence-corrected chi connectivity index (χ4v) is 9.72. The van der Waals surface area contributed by atoms with Crippen molar-refractivity contribution < 1.29 is 13.4 Å². The third-order valence-corrected chi connectivity index (χ3v) is 9.76. The Labute approximate surface area is 136 Å². The molecule has 8 heteroatoms. The Kier molecular flexibility index (Phi) is 6.19. The van der Waals surface area contributed by atoms with Crippen LogP contribution in [0.2, 0.25) is 0 Å². The van der Waals surface area contributed by atoms with Crippen LogP contribution in [0.1, 0.15) is 25.0 Å². The van der Waals surface area contributed by atoms with Crippen LogP contribution in [0, 0.1) is 0 Å². The number of nitrogens with zero attached hydrogens (tertiary/aromatic N) is 1. The Morgan fingerprint density at radius 1 is 1.19 bits per heavy atom. The minimum atomic E-state index is -2.79. The SMILES string of the molecule is CCOP(=S)(OCC)O[P+]1(N=C=S)Cc2ccccc2C1. The van der Waals surface area contributed by atoms with Gasteiger partial charge in [-0.15, -0.1) is 4.31 Å². The van der Waals surface area contributed by atoms with Crippen molar-refractivity contribution in [2.45, 2.75) is 26.2 Å². The Morgan fingerprint density at radius 2 is 1.71 bits per heavy atom. The molecule has 0 aromatic heterocycles. The molecule has 0 unspecified atom stereocenters. The maximum Gasteiger partial charge on any atom is 0.365 e. The second kappa shape index (κ2) is 7.50. The lowest BCUT2D eigenvalue weighted by molar-refractivity contribution is 0.221. The predicted octanol–water partition coefficient (Wildman–Crippen LogP) is 4.96. The average molecular weight is 362 g/mol. The maximum absolute atomic E-state index is 6.19. The van der Waals surface area contributed by atoms with Crippen molar-refractivity contribution in [2.24, 2.45) is 4.76 Å². The number of rotatable bonds is 7. The zero-order chi connectivity index (χ0) is 15.3. The molecule has 0 saturated heterocycles. The first-order valence-electron chi connectivity index (χ1n) is 6.70. The molecule has 1 aromatic rings. The van der Waals surface area contributed by atoms with Gasteiger partial charge in [0.15, 0.2) is 0 Å². The van der Waals surface area contributed by atoms with Crippen molar-refractivity contribution in [1.82, 2.24) is 0 Å². The van der Waals surface area contributed by atoms with Gasteiger partial charge in [-0.2, -0.15) is 0 Å². The molecular formula is C13H18NO3P2S2+. The van der Waals surface area contributed by atoms with Crippen LogP contribution in [-0.2, 0) is 37.5 Å². The van der Waals surface area contributed by atoms with Crippen LogP contribution < -0.4 is 0 Å². The molecule has 114 valence electrons. The highest BCUT2D eigenvalue weighted by molar-refractivity contribution is 8.09. The molecule has 0 saturated carbocycles. The minimum absolute atomic E-state index is 0.450. The first-order chi connectivity index (χ1) is 10.1. The zero-order valence-electron chi connectivity index (χ0n) is 12.0. The highest BCUT2D eigenvalue weighted by atomic mass is 32.5. The molecule has 0 aliphatic carbocycles. The van der Waals surface area contributed by atoms with Gasteiger partial charge >= 0.3 is 6.72 Å². The van der Waals surface area contributed by atoms with Crippen LogP contribution in [0.15, 0.2) is 29.0 Å². The topological polar surface area (TPSA) is 40.0 Å². The van der Waals surface area contributed by atoms with Crippen LogP contribution >= 0.6 is 26.6 Å². The molecule has 0 N–H and O–H groups in total. The average Bonchev–Trinajstić information content (AvgIpc) is 2.76. The monoisotopic (exact) mass is 362 g/mol. The predicted molar refractivity (Wildman–Crippen MR) is 94.4 cm³/mol. The lowest BCUT2D eigenvalue weighted by Gasteiger charge is -2.22. The summed E-state index contributed by atoms with van der Waals surface area (Å²) in [5.74, 6) is 0. The number of hydrogen-bond acceptors (Lipinski definition) is 6. The summed E-state index contributed by atoms with van der Waals surface area (Å²) in [6, 6.07) is 8.21. The maximum atomic E-state index is 6.19. The molecule has 0 amide bonds. The third kappa shape index (κ3) is 4.25. The summed E-state index contributed by atoms with van der Waals surface area (Å²) in [5, 5.41) is 2.49. The molecule has 0 spiro atoms. The number of benzene rings is 1. The second-order valence-electron chi connectivity index (χ2n) is 4.49. The summed E-state index contributed by atoms with van der Waals surface area (Å²) in [6.07, 6.45) is 1.43. The summed E-state index contributed by atoms with van der Waals surface area (Å²) in [7, 11) is -2.20. The lowest BCUT2D eigenvalue weighted by atomic mass is 10.1. The normalized spacial score (nSPS) is 16.3. The van der Waals surface area contributed by atoms with Gasteiger partial charge in [0.25, 0.3) is 7.64 Å². The molecule has 2 rings (SSSR count). The van der Waals surface area contributed by atoms with E-state index >= 15 is 0 Å². The molecule has 1 heterocycles. The Balaban J connectivity index is 2.29. The first kappa shape index (κ1) is 17.3. The molecule has 1 aliphatic heterocycles. The molecule has 4 nitrogen and oxygen atoms in total. The van der Waals surface area contributed by atoms with Gasteiger partial charge in [0.05, 0.1) is 13.2 Å². The van der Waals surface area contributed by atoms with Gasteiger partial charge in [0.1, 0.15) is 17.5 Å². The Bertz CT molecular complexity index is 570. The van der Waals surface area contributed by atoms with E-state index < -0.39 is 14.4 Å². The zero-order valence-corrected chi connectivity index (χ0v) is 15.4. The van der Waals surface area contributed by atoms with Crippen LogP contribution in [0.3, 0.4) is 0 Å². The first-order valence-corrected chi connectivity index (χ1v) is 11.7. The highest BCUT2D eigenvalue weighted by Gasteiger charge is 2.52. The van der Waals surface area contributed by atoms with E-state index in [1.54, 1.807) is 0 Å².